The van der Waals surface area contributed by atoms with Gasteiger partial charge < -0.3 is 5.11 Å². The number of thiophene rings is 1. The van der Waals surface area contributed by atoms with Crippen LogP contribution in [0.3, 0.4) is 0 Å². The van der Waals surface area contributed by atoms with Crippen molar-refractivity contribution in [2.75, 3.05) is 0 Å². The number of aromatic nitrogens is 3. The summed E-state index contributed by atoms with van der Waals surface area (Å²) in [5.74, 6) is -0.291. The molecular formula is C15H13N3O2S. The van der Waals surface area contributed by atoms with Crippen LogP contribution in [0.1, 0.15) is 17.0 Å². The van der Waals surface area contributed by atoms with Gasteiger partial charge in [0.15, 0.2) is 5.82 Å². The fraction of sp³-hybridized carbons (Fsp3) is 0.200. The van der Waals surface area contributed by atoms with Crippen molar-refractivity contribution in [3.63, 3.8) is 0 Å². The van der Waals surface area contributed by atoms with Crippen LogP contribution in [0, 0.1) is 13.8 Å². The Bertz CT molecular complexity index is 819. The number of carbonyl (C=O) groups is 1. The number of pyridine rings is 1. The highest BCUT2D eigenvalue weighted by atomic mass is 32.1. The van der Waals surface area contributed by atoms with E-state index in [-0.39, 0.29) is 6.42 Å². The summed E-state index contributed by atoms with van der Waals surface area (Å²) < 4.78 is 1.08. The van der Waals surface area contributed by atoms with Crippen LogP contribution in [0.2, 0.25) is 0 Å². The maximum absolute atomic E-state index is 10.9. The Balaban J connectivity index is 2.08. The number of fused-ring (bicyclic) bond motifs is 1. The van der Waals surface area contributed by atoms with Crippen LogP contribution >= 0.6 is 11.3 Å². The summed E-state index contributed by atoms with van der Waals surface area (Å²) in [7, 11) is 0. The van der Waals surface area contributed by atoms with Crippen LogP contribution < -0.4 is 0 Å². The lowest BCUT2D eigenvalue weighted by atomic mass is 10.1. The third-order valence-corrected chi connectivity index (χ3v) is 4.16. The normalized spacial score (nSPS) is 11.0. The standard InChI is InChI=1S/C15H13N3O2S/c1-8-11(6-14(19)20)9(2)18-15(17-8)10-5-13-12(16-7-10)3-4-21-13/h3-5,7H,6H2,1-2H3,(H,19,20). The van der Waals surface area contributed by atoms with E-state index in [9.17, 15) is 4.79 Å². The molecule has 0 saturated heterocycles. The van der Waals surface area contributed by atoms with Crippen molar-refractivity contribution >= 4 is 27.5 Å². The fourth-order valence-corrected chi connectivity index (χ4v) is 3.02. The SMILES string of the molecule is Cc1nc(-c2cnc3ccsc3c2)nc(C)c1CC(=O)O. The minimum Gasteiger partial charge on any atom is -0.481 e. The minimum absolute atomic E-state index is 0.0554. The van der Waals surface area contributed by atoms with E-state index in [2.05, 4.69) is 15.0 Å². The number of nitrogens with zero attached hydrogens (tertiary/aromatic N) is 3. The molecule has 0 aliphatic carbocycles. The van der Waals surface area contributed by atoms with Crippen LogP contribution in [0.25, 0.3) is 21.6 Å². The lowest BCUT2D eigenvalue weighted by Crippen LogP contribution is -2.08. The molecule has 3 aromatic rings. The van der Waals surface area contributed by atoms with E-state index >= 15 is 0 Å². The van der Waals surface area contributed by atoms with Crippen molar-refractivity contribution < 1.29 is 9.90 Å². The average molecular weight is 299 g/mol. The van der Waals surface area contributed by atoms with Crippen molar-refractivity contribution in [3.05, 3.63) is 40.7 Å². The van der Waals surface area contributed by atoms with Crippen LogP contribution in [-0.2, 0) is 11.2 Å². The molecule has 0 spiro atoms. The first-order valence-corrected chi connectivity index (χ1v) is 7.32. The molecule has 0 saturated carbocycles. The molecule has 0 aliphatic heterocycles. The monoisotopic (exact) mass is 299 g/mol. The summed E-state index contributed by atoms with van der Waals surface area (Å²) in [6.07, 6.45) is 1.69. The zero-order chi connectivity index (χ0) is 15.0. The molecule has 0 radical (unpaired) electrons. The molecule has 21 heavy (non-hydrogen) atoms. The van der Waals surface area contributed by atoms with Crippen molar-refractivity contribution in [2.24, 2.45) is 0 Å². The zero-order valence-corrected chi connectivity index (χ0v) is 12.4. The number of carboxylic acid groups (broad SMARTS) is 1. The summed E-state index contributed by atoms with van der Waals surface area (Å²) in [4.78, 5) is 24.1. The van der Waals surface area contributed by atoms with Crippen molar-refractivity contribution in [1.82, 2.24) is 15.0 Å². The fourth-order valence-electron chi connectivity index (χ4n) is 2.24. The van der Waals surface area contributed by atoms with Gasteiger partial charge in [0.25, 0.3) is 0 Å². The number of aryl methyl sites for hydroxylation is 2. The zero-order valence-electron chi connectivity index (χ0n) is 11.6. The van der Waals surface area contributed by atoms with Gasteiger partial charge in [-0.25, -0.2) is 9.97 Å². The lowest BCUT2D eigenvalue weighted by Gasteiger charge is -2.09. The summed E-state index contributed by atoms with van der Waals surface area (Å²) in [5, 5.41) is 10.9. The molecule has 0 atom stereocenters. The first kappa shape index (κ1) is 13.6. The Morgan fingerprint density at radius 1 is 1.29 bits per heavy atom. The first-order valence-electron chi connectivity index (χ1n) is 6.44. The van der Waals surface area contributed by atoms with Gasteiger partial charge in [0.2, 0.25) is 0 Å². The smallest absolute Gasteiger partial charge is 0.307 e. The summed E-state index contributed by atoms with van der Waals surface area (Å²) in [6, 6.07) is 3.98. The second-order valence-electron chi connectivity index (χ2n) is 4.80. The molecule has 0 aliphatic rings. The molecule has 6 heteroatoms. The second-order valence-corrected chi connectivity index (χ2v) is 5.74. The van der Waals surface area contributed by atoms with Gasteiger partial charge in [0, 0.05) is 28.7 Å². The van der Waals surface area contributed by atoms with E-state index < -0.39 is 5.97 Å². The van der Waals surface area contributed by atoms with Crippen LogP contribution in [0.5, 0.6) is 0 Å². The molecule has 3 heterocycles. The molecule has 0 aromatic carbocycles. The highest BCUT2D eigenvalue weighted by Gasteiger charge is 2.13. The largest absolute Gasteiger partial charge is 0.481 e. The number of rotatable bonds is 3. The van der Waals surface area contributed by atoms with Gasteiger partial charge in [-0.2, -0.15) is 0 Å². The van der Waals surface area contributed by atoms with Crippen LogP contribution in [-0.4, -0.2) is 26.0 Å². The van der Waals surface area contributed by atoms with Crippen molar-refractivity contribution in [3.8, 4) is 11.4 Å². The van der Waals surface area contributed by atoms with Crippen LogP contribution in [0.4, 0.5) is 0 Å². The van der Waals surface area contributed by atoms with Crippen molar-refractivity contribution in [1.29, 1.82) is 0 Å². The van der Waals surface area contributed by atoms with Gasteiger partial charge in [-0.1, -0.05) is 0 Å². The maximum atomic E-state index is 10.9. The minimum atomic E-state index is -0.876. The average Bonchev–Trinajstić information content (AvgIpc) is 2.89. The van der Waals surface area contributed by atoms with E-state index in [0.717, 1.165) is 15.8 Å². The van der Waals surface area contributed by atoms with Gasteiger partial charge in [-0.3, -0.25) is 9.78 Å². The summed E-state index contributed by atoms with van der Waals surface area (Å²) in [6.45, 7) is 3.63. The lowest BCUT2D eigenvalue weighted by molar-refractivity contribution is -0.136. The molecule has 0 unspecified atom stereocenters. The van der Waals surface area contributed by atoms with Crippen LogP contribution in [0.15, 0.2) is 23.7 Å². The summed E-state index contributed by atoms with van der Waals surface area (Å²) in [5.41, 5.74) is 3.88. The van der Waals surface area contributed by atoms with Crippen molar-refractivity contribution in [2.45, 2.75) is 20.3 Å². The summed E-state index contributed by atoms with van der Waals surface area (Å²) >= 11 is 1.62. The number of hydrogen-bond acceptors (Lipinski definition) is 5. The Morgan fingerprint density at radius 3 is 2.67 bits per heavy atom. The molecule has 5 nitrogen and oxygen atoms in total. The van der Waals surface area contributed by atoms with E-state index in [1.165, 1.54) is 0 Å². The molecule has 3 aromatic heterocycles. The Hall–Kier alpha value is -2.34. The first-order chi connectivity index (χ1) is 10.0. The molecule has 0 bridgehead atoms. The number of aliphatic carboxylic acids is 1. The van der Waals surface area contributed by atoms with Gasteiger partial charge in [-0.05, 0) is 31.4 Å². The molecule has 3 rings (SSSR count). The molecule has 0 amide bonds. The molecule has 106 valence electrons. The number of carboxylic acids is 1. The Labute approximate surface area is 125 Å². The number of hydrogen-bond donors (Lipinski definition) is 1. The van der Waals surface area contributed by atoms with E-state index in [0.29, 0.717) is 22.8 Å². The third kappa shape index (κ3) is 2.62. The molecule has 1 N–H and O–H groups in total. The third-order valence-electron chi connectivity index (χ3n) is 3.31. The Kier molecular flexibility index (Phi) is 3.39. The maximum Gasteiger partial charge on any atom is 0.307 e. The van der Waals surface area contributed by atoms with Gasteiger partial charge in [-0.15, -0.1) is 11.3 Å². The highest BCUT2D eigenvalue weighted by molar-refractivity contribution is 7.17. The Morgan fingerprint density at radius 2 is 2.00 bits per heavy atom. The van der Waals surface area contributed by atoms with Gasteiger partial charge >= 0.3 is 5.97 Å². The van der Waals surface area contributed by atoms with Gasteiger partial charge in [0.05, 0.1) is 16.6 Å². The second kappa shape index (κ2) is 5.21. The quantitative estimate of drug-likeness (QED) is 0.804. The van der Waals surface area contributed by atoms with E-state index in [1.54, 1.807) is 17.5 Å². The predicted molar refractivity (Wildman–Crippen MR) is 81.5 cm³/mol. The topological polar surface area (TPSA) is 76.0 Å². The van der Waals surface area contributed by atoms with E-state index in [1.807, 2.05) is 31.4 Å². The molecule has 0 fully saturated rings. The highest BCUT2D eigenvalue weighted by Crippen LogP contribution is 2.25. The molecular weight excluding hydrogens is 286 g/mol. The van der Waals surface area contributed by atoms with E-state index in [4.69, 9.17) is 5.11 Å². The predicted octanol–water partition coefficient (Wildman–Crippen LogP) is 3.00. The van der Waals surface area contributed by atoms with Gasteiger partial charge in [0.1, 0.15) is 0 Å².